The smallest absolute Gasteiger partial charge is 0.271 e. The summed E-state index contributed by atoms with van der Waals surface area (Å²) in [5, 5.41) is 39.7. The molecule has 5 unspecified atom stereocenters. The topological polar surface area (TPSA) is 171 Å². The van der Waals surface area contributed by atoms with Crippen molar-refractivity contribution in [3.8, 4) is 0 Å². The molecule has 1 aromatic rings. The van der Waals surface area contributed by atoms with Crippen LogP contribution < -0.4 is 21.9 Å². The van der Waals surface area contributed by atoms with Gasteiger partial charge in [0.2, 0.25) is 6.41 Å². The predicted octanol–water partition coefficient (Wildman–Crippen LogP) is -4.04. The Hall–Kier alpha value is -2.40. The first-order valence-corrected chi connectivity index (χ1v) is 8.48. The minimum Gasteiger partial charge on any atom is -0.394 e. The van der Waals surface area contributed by atoms with Gasteiger partial charge in [-0.25, -0.2) is 4.98 Å². The maximum atomic E-state index is 11.8. The summed E-state index contributed by atoms with van der Waals surface area (Å²) in [7, 11) is 0. The number of hydrogen-bond acceptors (Lipinski definition) is 7. The Kier molecular flexibility index (Phi) is 6.60. The second-order valence-corrected chi connectivity index (χ2v) is 6.62. The third-order valence-electron chi connectivity index (χ3n) is 4.68. The lowest BCUT2D eigenvalue weighted by molar-refractivity contribution is -0.107. The van der Waals surface area contributed by atoms with E-state index in [9.17, 15) is 24.9 Å². The van der Waals surface area contributed by atoms with E-state index in [2.05, 4.69) is 9.98 Å². The Morgan fingerprint density at radius 2 is 1.93 bits per heavy atom. The first-order valence-electron chi connectivity index (χ1n) is 8.48. The van der Waals surface area contributed by atoms with Gasteiger partial charge in [0.1, 0.15) is 18.3 Å². The van der Waals surface area contributed by atoms with Gasteiger partial charge < -0.3 is 30.7 Å². The van der Waals surface area contributed by atoms with Crippen molar-refractivity contribution >= 4 is 24.5 Å². The Morgan fingerprint density at radius 3 is 2.48 bits per heavy atom. The van der Waals surface area contributed by atoms with Crippen LogP contribution in [0.15, 0.2) is 4.99 Å². The number of carbonyl (C=O) groups is 2. The highest BCUT2D eigenvalue weighted by molar-refractivity contribution is 5.90. The molecule has 2 amide bonds. The molecule has 1 aliphatic rings. The van der Waals surface area contributed by atoms with Gasteiger partial charge >= 0.3 is 0 Å². The van der Waals surface area contributed by atoms with Crippen molar-refractivity contribution in [2.24, 2.45) is 22.6 Å². The van der Waals surface area contributed by atoms with Crippen molar-refractivity contribution in [3.63, 3.8) is 0 Å². The van der Waals surface area contributed by atoms with E-state index in [1.54, 1.807) is 0 Å². The maximum absolute atomic E-state index is 11.8. The molecule has 5 atom stereocenters. The molecule has 1 heterocycles. The number of nitrogens with two attached hydrogens (primary N) is 1. The fraction of sp³-hybridized carbons (Fsp3) is 0.529. The molecule has 0 bridgehead atoms. The zero-order valence-corrected chi connectivity index (χ0v) is 15.1. The summed E-state index contributed by atoms with van der Waals surface area (Å²) in [6, 6.07) is 0. The number of aromatic nitrogens is 2. The SMILES string of the molecule is CC1C=c2nc(C(N)=O)/c(=N\C=O)n(CC(O)C(O)C(O)CO)c2=CC1C. The van der Waals surface area contributed by atoms with E-state index < -0.39 is 30.8 Å². The number of aliphatic hydroxyl groups excluding tert-OH is 4. The Balaban J connectivity index is 2.76. The second kappa shape index (κ2) is 8.53. The number of fused-ring (bicyclic) bond motifs is 1. The van der Waals surface area contributed by atoms with Gasteiger partial charge in [-0.2, -0.15) is 4.99 Å². The second-order valence-electron chi connectivity index (χ2n) is 6.62. The lowest BCUT2D eigenvalue weighted by Crippen LogP contribution is -2.54. The van der Waals surface area contributed by atoms with Crippen molar-refractivity contribution < 1.29 is 30.0 Å². The van der Waals surface area contributed by atoms with Crippen LogP contribution in [0.1, 0.15) is 24.3 Å². The molecular weight excluding hydrogens is 356 g/mol. The van der Waals surface area contributed by atoms with Crippen molar-refractivity contribution in [1.29, 1.82) is 0 Å². The molecule has 0 saturated heterocycles. The van der Waals surface area contributed by atoms with Crippen LogP contribution in [0, 0.1) is 11.8 Å². The molecule has 10 heteroatoms. The predicted molar refractivity (Wildman–Crippen MR) is 94.0 cm³/mol. The molecule has 2 rings (SSSR count). The van der Waals surface area contributed by atoms with Gasteiger partial charge in [0, 0.05) is 0 Å². The first kappa shape index (κ1) is 20.9. The van der Waals surface area contributed by atoms with Crippen LogP contribution in [-0.4, -0.2) is 67.2 Å². The van der Waals surface area contributed by atoms with Crippen LogP contribution in [0.25, 0.3) is 12.2 Å². The fourth-order valence-electron chi connectivity index (χ4n) is 2.90. The van der Waals surface area contributed by atoms with Gasteiger partial charge in [0.25, 0.3) is 5.91 Å². The lowest BCUT2D eigenvalue weighted by Gasteiger charge is -2.24. The molecule has 148 valence electrons. The van der Waals surface area contributed by atoms with E-state index in [0.717, 1.165) is 0 Å². The van der Waals surface area contributed by atoms with Gasteiger partial charge in [0.15, 0.2) is 11.2 Å². The molecule has 6 N–H and O–H groups in total. The van der Waals surface area contributed by atoms with Crippen LogP contribution in [0.4, 0.5) is 0 Å². The van der Waals surface area contributed by atoms with Crippen LogP contribution in [-0.2, 0) is 11.3 Å². The third-order valence-corrected chi connectivity index (χ3v) is 4.68. The van der Waals surface area contributed by atoms with Gasteiger partial charge in [-0.15, -0.1) is 0 Å². The van der Waals surface area contributed by atoms with Crippen LogP contribution in [0.3, 0.4) is 0 Å². The summed E-state index contributed by atoms with van der Waals surface area (Å²) in [6.45, 7) is 2.87. The Morgan fingerprint density at radius 1 is 1.30 bits per heavy atom. The van der Waals surface area contributed by atoms with E-state index in [0.29, 0.717) is 10.7 Å². The molecule has 1 aromatic heterocycles. The fourth-order valence-corrected chi connectivity index (χ4v) is 2.90. The summed E-state index contributed by atoms with van der Waals surface area (Å²) < 4.78 is 1.35. The number of nitrogens with zero attached hydrogens (tertiary/aromatic N) is 3. The quantitative estimate of drug-likeness (QED) is 0.300. The van der Waals surface area contributed by atoms with Gasteiger partial charge in [0.05, 0.1) is 23.8 Å². The zero-order chi connectivity index (χ0) is 20.3. The standard InChI is InChI=1S/C17H24N4O6/c1-8-3-10-11(4-9(8)2)21(5-12(24)15(26)13(25)6-22)17(19-7-23)14(20-10)16(18)27/h3-4,7-9,12-13,15,22,24-26H,5-6H2,1-2H3,(H2,18,27)/b19-17+. The zero-order valence-electron chi connectivity index (χ0n) is 15.1. The minimum absolute atomic E-state index is 0.0964. The third kappa shape index (κ3) is 4.30. The van der Waals surface area contributed by atoms with Crippen molar-refractivity contribution in [1.82, 2.24) is 9.55 Å². The number of primary amides is 1. The maximum Gasteiger partial charge on any atom is 0.271 e. The molecule has 0 aliphatic heterocycles. The highest BCUT2D eigenvalue weighted by atomic mass is 16.4. The number of amides is 2. The van der Waals surface area contributed by atoms with Gasteiger partial charge in [-0.3, -0.25) is 9.59 Å². The average Bonchev–Trinajstić information content (AvgIpc) is 2.63. The highest BCUT2D eigenvalue weighted by Gasteiger charge is 2.26. The number of aliphatic hydroxyl groups is 4. The molecule has 0 radical (unpaired) electrons. The normalized spacial score (nSPS) is 22.8. The summed E-state index contributed by atoms with van der Waals surface area (Å²) in [5.74, 6) is -0.684. The summed E-state index contributed by atoms with van der Waals surface area (Å²) in [6.07, 6.45) is -0.836. The molecular formula is C17H24N4O6. The Bertz CT molecular complexity index is 909. The van der Waals surface area contributed by atoms with E-state index in [1.807, 2.05) is 26.0 Å². The largest absolute Gasteiger partial charge is 0.394 e. The molecule has 0 fully saturated rings. The lowest BCUT2D eigenvalue weighted by atomic mass is 9.92. The van der Waals surface area contributed by atoms with E-state index in [-0.39, 0.29) is 36.0 Å². The van der Waals surface area contributed by atoms with Crippen molar-refractivity contribution in [3.05, 3.63) is 21.9 Å². The molecule has 0 saturated carbocycles. The number of carbonyl (C=O) groups excluding carboxylic acids is 2. The van der Waals surface area contributed by atoms with Crippen LogP contribution in [0.2, 0.25) is 0 Å². The molecule has 27 heavy (non-hydrogen) atoms. The summed E-state index contributed by atoms with van der Waals surface area (Å²) in [5.41, 5.74) is 4.96. The van der Waals surface area contributed by atoms with Crippen molar-refractivity contribution in [2.75, 3.05) is 6.61 Å². The molecule has 1 aliphatic carbocycles. The molecule has 0 spiro atoms. The highest BCUT2D eigenvalue weighted by Crippen LogP contribution is 2.15. The number of hydrogen-bond donors (Lipinski definition) is 5. The van der Waals surface area contributed by atoms with E-state index >= 15 is 0 Å². The minimum atomic E-state index is -1.66. The van der Waals surface area contributed by atoms with E-state index in [1.165, 1.54) is 4.57 Å². The van der Waals surface area contributed by atoms with Crippen molar-refractivity contribution in [2.45, 2.75) is 38.7 Å². The summed E-state index contributed by atoms with van der Waals surface area (Å²) in [4.78, 5) is 30.7. The molecule has 10 nitrogen and oxygen atoms in total. The summed E-state index contributed by atoms with van der Waals surface area (Å²) >= 11 is 0. The Labute approximate surface area is 154 Å². The monoisotopic (exact) mass is 380 g/mol. The van der Waals surface area contributed by atoms with Gasteiger partial charge in [-0.05, 0) is 11.8 Å². The first-order chi connectivity index (χ1) is 12.7. The van der Waals surface area contributed by atoms with Gasteiger partial charge in [-0.1, -0.05) is 26.0 Å². The van der Waals surface area contributed by atoms with Crippen LogP contribution >= 0.6 is 0 Å². The number of rotatable bonds is 7. The molecule has 0 aromatic carbocycles. The van der Waals surface area contributed by atoms with Crippen LogP contribution in [0.5, 0.6) is 0 Å². The average molecular weight is 380 g/mol. The van der Waals surface area contributed by atoms with E-state index in [4.69, 9.17) is 10.8 Å².